The molecule has 2 aliphatic rings. The highest BCUT2D eigenvalue weighted by Gasteiger charge is 2.29. The van der Waals surface area contributed by atoms with Crippen LogP contribution in [0.2, 0.25) is 0 Å². The quantitative estimate of drug-likeness (QED) is 0.756. The van der Waals surface area contributed by atoms with Crippen LogP contribution in [0, 0.1) is 18.8 Å². The minimum absolute atomic E-state index is 0.266. The number of nitrogens with zero attached hydrogens (tertiary/aromatic N) is 2. The molecule has 1 aliphatic carbocycles. The second kappa shape index (κ2) is 9.25. The average molecular weight is 419 g/mol. The first-order valence-corrected chi connectivity index (χ1v) is 10.9. The number of carbonyl (C=O) groups is 2. The second-order valence-corrected chi connectivity index (χ2v) is 8.27. The summed E-state index contributed by atoms with van der Waals surface area (Å²) >= 11 is 0. The van der Waals surface area contributed by atoms with E-state index in [0.29, 0.717) is 18.5 Å². The number of para-hydroxylation sites is 1. The summed E-state index contributed by atoms with van der Waals surface area (Å²) in [5.41, 5.74) is 4.40. The lowest BCUT2D eigenvalue weighted by molar-refractivity contribution is -0.313. The van der Waals surface area contributed by atoms with Gasteiger partial charge in [-0.15, -0.1) is 0 Å². The van der Waals surface area contributed by atoms with Crippen molar-refractivity contribution in [3.8, 4) is 0 Å². The number of aliphatic carboxylic acids is 1. The number of carboxylic acids is 1. The molecule has 0 spiro atoms. The van der Waals surface area contributed by atoms with Crippen molar-refractivity contribution in [2.75, 3.05) is 41.3 Å². The van der Waals surface area contributed by atoms with Crippen LogP contribution in [-0.2, 0) is 9.59 Å². The zero-order valence-electron chi connectivity index (χ0n) is 17.8. The number of rotatable bonds is 5. The maximum absolute atomic E-state index is 12.6. The molecule has 1 aliphatic heterocycles. The monoisotopic (exact) mass is 418 g/mol. The molecule has 1 N–H and O–H groups in total. The van der Waals surface area contributed by atoms with Crippen LogP contribution in [-0.4, -0.2) is 38.1 Å². The van der Waals surface area contributed by atoms with Crippen LogP contribution in [0.15, 0.2) is 60.7 Å². The first-order chi connectivity index (χ1) is 15.0. The summed E-state index contributed by atoms with van der Waals surface area (Å²) in [6.07, 6.45) is 4.43. The van der Waals surface area contributed by atoms with Gasteiger partial charge in [0.1, 0.15) is 0 Å². The average Bonchev–Trinajstić information content (AvgIpc) is 2.80. The Morgan fingerprint density at radius 3 is 2.13 bits per heavy atom. The van der Waals surface area contributed by atoms with E-state index in [2.05, 4.69) is 46.3 Å². The van der Waals surface area contributed by atoms with Gasteiger partial charge in [-0.3, -0.25) is 4.79 Å². The lowest BCUT2D eigenvalue weighted by atomic mass is 9.82. The largest absolute Gasteiger partial charge is 0.550 e. The van der Waals surface area contributed by atoms with Gasteiger partial charge in [0, 0.05) is 55.1 Å². The minimum Gasteiger partial charge on any atom is -0.550 e. The topological polar surface area (TPSA) is 75.7 Å². The third-order valence-corrected chi connectivity index (χ3v) is 6.31. The summed E-state index contributed by atoms with van der Waals surface area (Å²) in [6.45, 7) is 5.93. The van der Waals surface area contributed by atoms with Gasteiger partial charge in [0.05, 0.1) is 5.92 Å². The highest BCUT2D eigenvalue weighted by molar-refractivity contribution is 5.95. The smallest absolute Gasteiger partial charge is 0.228 e. The predicted octanol–water partition coefficient (Wildman–Crippen LogP) is 2.59. The van der Waals surface area contributed by atoms with Crippen molar-refractivity contribution in [1.29, 1.82) is 0 Å². The van der Waals surface area contributed by atoms with Crippen molar-refractivity contribution in [2.45, 2.75) is 19.8 Å². The van der Waals surface area contributed by atoms with Crippen LogP contribution in [0.4, 0.5) is 17.1 Å². The molecule has 0 radical (unpaired) electrons. The summed E-state index contributed by atoms with van der Waals surface area (Å²) in [5.74, 6) is -2.79. The van der Waals surface area contributed by atoms with Gasteiger partial charge in [-0.25, -0.2) is 0 Å². The fraction of sp³-hybridized carbons (Fsp3) is 0.360. The Hall–Kier alpha value is -3.28. The van der Waals surface area contributed by atoms with Gasteiger partial charge in [0.15, 0.2) is 0 Å². The molecule has 1 saturated heterocycles. The van der Waals surface area contributed by atoms with Crippen molar-refractivity contribution in [1.82, 2.24) is 0 Å². The summed E-state index contributed by atoms with van der Waals surface area (Å²) in [6, 6.07) is 16.3. The number of amides is 1. The Morgan fingerprint density at radius 1 is 0.871 bits per heavy atom. The molecule has 1 amide bonds. The van der Waals surface area contributed by atoms with E-state index >= 15 is 0 Å². The molecule has 162 valence electrons. The van der Waals surface area contributed by atoms with E-state index in [-0.39, 0.29) is 5.91 Å². The number of piperazine rings is 1. The minimum atomic E-state index is -1.16. The van der Waals surface area contributed by atoms with Gasteiger partial charge in [0.2, 0.25) is 5.91 Å². The zero-order chi connectivity index (χ0) is 21.8. The fourth-order valence-corrected chi connectivity index (χ4v) is 4.48. The number of nitrogens with one attached hydrogen (secondary N) is 1. The molecule has 6 heteroatoms. The molecule has 0 aromatic heterocycles. The Morgan fingerprint density at radius 2 is 1.48 bits per heavy atom. The summed E-state index contributed by atoms with van der Waals surface area (Å²) in [7, 11) is 0. The van der Waals surface area contributed by atoms with E-state index in [1.54, 1.807) is 6.08 Å². The highest BCUT2D eigenvalue weighted by Crippen LogP contribution is 2.28. The van der Waals surface area contributed by atoms with Gasteiger partial charge in [-0.1, -0.05) is 30.4 Å². The predicted molar refractivity (Wildman–Crippen MR) is 121 cm³/mol. The summed E-state index contributed by atoms with van der Waals surface area (Å²) in [5, 5.41) is 14.2. The second-order valence-electron chi connectivity index (χ2n) is 8.27. The molecule has 0 unspecified atom stereocenters. The Kier molecular flexibility index (Phi) is 6.26. The van der Waals surface area contributed by atoms with E-state index in [1.807, 2.05) is 30.3 Å². The Bertz CT molecular complexity index is 962. The molecule has 0 bridgehead atoms. The summed E-state index contributed by atoms with van der Waals surface area (Å²) < 4.78 is 0. The zero-order valence-corrected chi connectivity index (χ0v) is 17.8. The van der Waals surface area contributed by atoms with E-state index in [1.165, 1.54) is 11.3 Å². The van der Waals surface area contributed by atoms with Crippen LogP contribution >= 0.6 is 0 Å². The van der Waals surface area contributed by atoms with Crippen molar-refractivity contribution < 1.29 is 14.7 Å². The van der Waals surface area contributed by atoms with Crippen molar-refractivity contribution in [2.24, 2.45) is 11.8 Å². The van der Waals surface area contributed by atoms with Gasteiger partial charge < -0.3 is 25.0 Å². The summed E-state index contributed by atoms with van der Waals surface area (Å²) in [4.78, 5) is 28.7. The molecule has 6 nitrogen and oxygen atoms in total. The standard InChI is InChI=1S/C25H29N3O3/c1-18-6-2-5-9-23(18)28-16-14-27(15-17-28)20-12-10-19(11-13-20)26-24(29)21-7-3-4-8-22(21)25(30)31/h2-6,9-13,21-22H,7-8,14-17H2,1H3,(H,26,29)(H,30,31)/p-1/t21-,22+/m1/s1. The van der Waals surface area contributed by atoms with E-state index in [4.69, 9.17) is 0 Å². The third kappa shape index (κ3) is 4.74. The van der Waals surface area contributed by atoms with Gasteiger partial charge >= 0.3 is 0 Å². The van der Waals surface area contributed by atoms with E-state index in [9.17, 15) is 14.7 Å². The van der Waals surface area contributed by atoms with Crippen LogP contribution in [0.3, 0.4) is 0 Å². The number of carbonyl (C=O) groups excluding carboxylic acids is 2. The molecule has 1 heterocycles. The SMILES string of the molecule is Cc1ccccc1N1CCN(c2ccc(NC(=O)[C@@H]3CC=CC[C@@H]3C(=O)[O-])cc2)CC1. The Labute approximate surface area is 183 Å². The number of hydrogen-bond donors (Lipinski definition) is 1. The molecule has 2 atom stereocenters. The number of benzene rings is 2. The van der Waals surface area contributed by atoms with Gasteiger partial charge in [0.25, 0.3) is 0 Å². The Balaban J connectivity index is 1.34. The lowest BCUT2D eigenvalue weighted by Crippen LogP contribution is -2.46. The van der Waals surface area contributed by atoms with Crippen LogP contribution in [0.1, 0.15) is 18.4 Å². The first-order valence-electron chi connectivity index (χ1n) is 10.9. The van der Waals surface area contributed by atoms with Crippen molar-refractivity contribution >= 4 is 28.9 Å². The van der Waals surface area contributed by atoms with Crippen LogP contribution in [0.5, 0.6) is 0 Å². The molecule has 2 aromatic rings. The number of anilines is 3. The highest BCUT2D eigenvalue weighted by atomic mass is 16.4. The van der Waals surface area contributed by atoms with Crippen molar-refractivity contribution in [3.63, 3.8) is 0 Å². The van der Waals surface area contributed by atoms with Crippen molar-refractivity contribution in [3.05, 3.63) is 66.2 Å². The number of allylic oxidation sites excluding steroid dienone is 2. The number of carboxylic acid groups (broad SMARTS) is 1. The molecule has 0 saturated carbocycles. The van der Waals surface area contributed by atoms with Crippen LogP contribution < -0.4 is 20.2 Å². The molecule has 2 aromatic carbocycles. The maximum atomic E-state index is 12.6. The van der Waals surface area contributed by atoms with E-state index in [0.717, 1.165) is 31.9 Å². The molecule has 4 rings (SSSR count). The van der Waals surface area contributed by atoms with Crippen LogP contribution in [0.25, 0.3) is 0 Å². The molecular formula is C25H28N3O3-. The van der Waals surface area contributed by atoms with Gasteiger partial charge in [-0.2, -0.15) is 0 Å². The third-order valence-electron chi connectivity index (χ3n) is 6.31. The molecular weight excluding hydrogens is 390 g/mol. The molecule has 1 fully saturated rings. The molecule has 31 heavy (non-hydrogen) atoms. The fourth-order valence-electron chi connectivity index (χ4n) is 4.48. The lowest BCUT2D eigenvalue weighted by Gasteiger charge is -2.38. The maximum Gasteiger partial charge on any atom is 0.228 e. The normalized spacial score (nSPS) is 21.1. The number of aryl methyl sites for hydroxylation is 1. The number of hydrogen-bond acceptors (Lipinski definition) is 5. The van der Waals surface area contributed by atoms with E-state index < -0.39 is 17.8 Å². The van der Waals surface area contributed by atoms with Gasteiger partial charge in [-0.05, 0) is 55.7 Å². The first kappa shape index (κ1) is 21.0.